The Hall–Kier alpha value is -2.58. The zero-order valence-electron chi connectivity index (χ0n) is 16.0. The number of rotatable bonds is 4. The number of sulfonamides is 1. The molecular formula is C21H22N2O5S. The van der Waals surface area contributed by atoms with E-state index in [2.05, 4.69) is 5.32 Å². The first-order valence-electron chi connectivity index (χ1n) is 9.69. The van der Waals surface area contributed by atoms with Crippen molar-refractivity contribution in [1.29, 1.82) is 0 Å². The van der Waals surface area contributed by atoms with Crippen LogP contribution in [-0.2, 0) is 10.0 Å². The second-order valence-corrected chi connectivity index (χ2v) is 9.88. The number of amides is 1. The first-order valence-corrected chi connectivity index (χ1v) is 11.1. The molecule has 8 heteroatoms. The van der Waals surface area contributed by atoms with E-state index in [0.29, 0.717) is 35.0 Å². The van der Waals surface area contributed by atoms with Gasteiger partial charge in [-0.3, -0.25) is 4.79 Å². The van der Waals surface area contributed by atoms with E-state index >= 15 is 0 Å². The number of carbonyl (C=O) groups excluding carboxylic acids is 1. The lowest BCUT2D eigenvalue weighted by Gasteiger charge is -2.39. The van der Waals surface area contributed by atoms with Gasteiger partial charge in [-0.15, -0.1) is 0 Å². The zero-order valence-corrected chi connectivity index (χ0v) is 16.8. The number of benzene rings is 2. The lowest BCUT2D eigenvalue weighted by atomic mass is 9.71. The molecule has 2 heterocycles. The number of hydrogen-bond donors (Lipinski definition) is 1. The second-order valence-electron chi connectivity index (χ2n) is 7.94. The fourth-order valence-electron chi connectivity index (χ4n) is 4.38. The third-order valence-corrected chi connectivity index (χ3v) is 7.99. The van der Waals surface area contributed by atoms with E-state index in [0.717, 1.165) is 12.0 Å². The summed E-state index contributed by atoms with van der Waals surface area (Å²) in [5, 5.41) is 3.06. The van der Waals surface area contributed by atoms with Crippen LogP contribution >= 0.6 is 0 Å². The lowest BCUT2D eigenvalue weighted by Crippen LogP contribution is -2.52. The van der Waals surface area contributed by atoms with Crippen LogP contribution in [0.3, 0.4) is 0 Å². The summed E-state index contributed by atoms with van der Waals surface area (Å²) in [6, 6.07) is 12.0. The van der Waals surface area contributed by atoms with Crippen molar-refractivity contribution in [2.45, 2.75) is 24.3 Å². The average molecular weight is 414 g/mol. The number of nitrogens with one attached hydrogen (secondary N) is 1. The zero-order chi connectivity index (χ0) is 20.2. The summed E-state index contributed by atoms with van der Waals surface area (Å²) in [5.41, 5.74) is 1.54. The molecule has 7 nitrogen and oxygen atoms in total. The van der Waals surface area contributed by atoms with Gasteiger partial charge in [0.1, 0.15) is 0 Å². The van der Waals surface area contributed by atoms with Crippen LogP contribution in [0.5, 0.6) is 11.5 Å². The van der Waals surface area contributed by atoms with E-state index < -0.39 is 10.0 Å². The number of nitrogens with zero attached hydrogens (tertiary/aromatic N) is 1. The smallest absolute Gasteiger partial charge is 0.251 e. The van der Waals surface area contributed by atoms with Gasteiger partial charge in [-0.1, -0.05) is 17.7 Å². The molecule has 2 fully saturated rings. The first kappa shape index (κ1) is 18.4. The number of hydrogen-bond acceptors (Lipinski definition) is 5. The maximum Gasteiger partial charge on any atom is 0.251 e. The van der Waals surface area contributed by atoms with Gasteiger partial charge in [-0.2, -0.15) is 4.31 Å². The molecule has 5 rings (SSSR count). The maximum absolute atomic E-state index is 12.9. The van der Waals surface area contributed by atoms with Crippen LogP contribution in [0.2, 0.25) is 0 Å². The summed E-state index contributed by atoms with van der Waals surface area (Å²) in [6.07, 6.45) is 0.793. The molecule has 29 heavy (non-hydrogen) atoms. The Bertz CT molecular complexity index is 1070. The van der Waals surface area contributed by atoms with Gasteiger partial charge in [0.05, 0.1) is 4.90 Å². The van der Waals surface area contributed by atoms with Gasteiger partial charge in [-0.05, 0) is 55.5 Å². The summed E-state index contributed by atoms with van der Waals surface area (Å²) in [4.78, 5) is 13.0. The molecule has 3 aliphatic rings. The van der Waals surface area contributed by atoms with Crippen LogP contribution in [0.15, 0.2) is 47.4 Å². The standard InChI is InChI=1S/C21H22N2O5S/c1-13-2-5-16(6-3-13)29(25,26)23-10-15-8-18(17(15)11-23)22-21(24)14-4-7-19-20(9-14)28-12-27-19/h2-7,9,15,17-18H,8,10-12H2,1H3,(H,22,24)/t15-,17+,18+/m1/s1. The molecule has 0 bridgehead atoms. The van der Waals surface area contributed by atoms with Crippen molar-refractivity contribution >= 4 is 15.9 Å². The highest BCUT2D eigenvalue weighted by Gasteiger charge is 2.50. The normalized spacial score (nSPS) is 25.3. The highest BCUT2D eigenvalue weighted by atomic mass is 32.2. The van der Waals surface area contributed by atoms with Crippen LogP contribution in [-0.4, -0.2) is 44.6 Å². The third kappa shape index (κ3) is 3.16. The van der Waals surface area contributed by atoms with Gasteiger partial charge in [-0.25, -0.2) is 8.42 Å². The minimum Gasteiger partial charge on any atom is -0.454 e. The lowest BCUT2D eigenvalue weighted by molar-refractivity contribution is 0.0832. The van der Waals surface area contributed by atoms with Crippen molar-refractivity contribution in [3.8, 4) is 11.5 Å². The molecule has 3 atom stereocenters. The highest BCUT2D eigenvalue weighted by Crippen LogP contribution is 2.43. The molecule has 1 N–H and O–H groups in total. The van der Waals surface area contributed by atoms with Gasteiger partial charge in [0, 0.05) is 24.7 Å². The predicted molar refractivity (Wildman–Crippen MR) is 105 cm³/mol. The van der Waals surface area contributed by atoms with E-state index in [-0.39, 0.29) is 30.6 Å². The van der Waals surface area contributed by atoms with Crippen molar-refractivity contribution in [3.63, 3.8) is 0 Å². The Kier molecular flexibility index (Phi) is 4.29. The number of ether oxygens (including phenoxy) is 2. The molecule has 2 aromatic carbocycles. The van der Waals surface area contributed by atoms with Crippen molar-refractivity contribution < 1.29 is 22.7 Å². The molecule has 1 saturated carbocycles. The Morgan fingerprint density at radius 1 is 1.07 bits per heavy atom. The maximum atomic E-state index is 12.9. The molecule has 152 valence electrons. The second kappa shape index (κ2) is 6.74. The largest absolute Gasteiger partial charge is 0.454 e. The van der Waals surface area contributed by atoms with Gasteiger partial charge in [0.15, 0.2) is 11.5 Å². The van der Waals surface area contributed by atoms with E-state index in [4.69, 9.17) is 9.47 Å². The molecule has 1 amide bonds. The quantitative estimate of drug-likeness (QED) is 0.829. The monoisotopic (exact) mass is 414 g/mol. The van der Waals surface area contributed by atoms with Crippen molar-refractivity contribution in [1.82, 2.24) is 9.62 Å². The SMILES string of the molecule is Cc1ccc(S(=O)(=O)N2C[C@H]3C[C@H](NC(=O)c4ccc5c(c4)OCO5)[C@H]3C2)cc1. The summed E-state index contributed by atoms with van der Waals surface area (Å²) >= 11 is 0. The number of carbonyl (C=O) groups is 1. The third-order valence-electron chi connectivity index (χ3n) is 6.14. The topological polar surface area (TPSA) is 84.9 Å². The van der Waals surface area contributed by atoms with Crippen LogP contribution in [0, 0.1) is 18.8 Å². The van der Waals surface area contributed by atoms with Gasteiger partial charge >= 0.3 is 0 Å². The minimum atomic E-state index is -3.50. The Balaban J connectivity index is 1.25. The van der Waals surface area contributed by atoms with E-state index in [1.54, 1.807) is 34.6 Å². The molecule has 2 aliphatic heterocycles. The molecule has 0 unspecified atom stereocenters. The fourth-order valence-corrected chi connectivity index (χ4v) is 5.91. The Morgan fingerprint density at radius 3 is 2.62 bits per heavy atom. The van der Waals surface area contributed by atoms with Crippen LogP contribution in [0.1, 0.15) is 22.3 Å². The van der Waals surface area contributed by atoms with Crippen molar-refractivity contribution in [3.05, 3.63) is 53.6 Å². The molecule has 0 spiro atoms. The molecule has 1 saturated heterocycles. The van der Waals surface area contributed by atoms with Crippen molar-refractivity contribution in [2.75, 3.05) is 19.9 Å². The van der Waals surface area contributed by atoms with Gasteiger partial charge in [0.25, 0.3) is 5.91 Å². The molecular weight excluding hydrogens is 392 g/mol. The van der Waals surface area contributed by atoms with E-state index in [9.17, 15) is 13.2 Å². The van der Waals surface area contributed by atoms with Gasteiger partial charge in [0.2, 0.25) is 16.8 Å². The van der Waals surface area contributed by atoms with Gasteiger partial charge < -0.3 is 14.8 Å². The molecule has 0 radical (unpaired) electrons. The number of aryl methyl sites for hydroxylation is 1. The number of fused-ring (bicyclic) bond motifs is 2. The van der Waals surface area contributed by atoms with Crippen LogP contribution < -0.4 is 14.8 Å². The first-order chi connectivity index (χ1) is 13.9. The summed E-state index contributed by atoms with van der Waals surface area (Å²) in [6.45, 7) is 3.04. The Morgan fingerprint density at radius 2 is 1.83 bits per heavy atom. The fraction of sp³-hybridized carbons (Fsp3) is 0.381. The van der Waals surface area contributed by atoms with E-state index in [1.807, 2.05) is 19.1 Å². The van der Waals surface area contributed by atoms with Crippen molar-refractivity contribution in [2.24, 2.45) is 11.8 Å². The highest BCUT2D eigenvalue weighted by molar-refractivity contribution is 7.89. The van der Waals surface area contributed by atoms with Crippen LogP contribution in [0.25, 0.3) is 0 Å². The summed E-state index contributed by atoms with van der Waals surface area (Å²) < 4.78 is 38.0. The summed E-state index contributed by atoms with van der Waals surface area (Å²) in [5.74, 6) is 1.47. The van der Waals surface area contributed by atoms with Crippen LogP contribution in [0.4, 0.5) is 0 Å². The minimum absolute atomic E-state index is 0.0175. The summed E-state index contributed by atoms with van der Waals surface area (Å²) in [7, 11) is -3.50. The van der Waals surface area contributed by atoms with E-state index in [1.165, 1.54) is 0 Å². The predicted octanol–water partition coefficient (Wildman–Crippen LogP) is 2.16. The molecule has 0 aromatic heterocycles. The Labute approximate surface area is 169 Å². The molecule has 1 aliphatic carbocycles. The molecule has 2 aromatic rings. The average Bonchev–Trinajstić information content (AvgIpc) is 3.30.